The molecule has 0 unspecified atom stereocenters. The monoisotopic (exact) mass is 242 g/mol. The van der Waals surface area contributed by atoms with E-state index in [0.29, 0.717) is 0 Å². The maximum Gasteiger partial charge on any atom is 0.280 e. The van der Waals surface area contributed by atoms with Gasteiger partial charge >= 0.3 is 0 Å². The SMILES string of the molecule is Nc1c(C(F)F)ccnc1S(=O)(=O)Cl. The molecule has 8 heteroatoms. The Hall–Kier alpha value is -0.950. The van der Waals surface area contributed by atoms with Gasteiger partial charge in [0.2, 0.25) is 0 Å². The van der Waals surface area contributed by atoms with E-state index in [1.165, 1.54) is 0 Å². The number of halogens is 3. The average molecular weight is 243 g/mol. The van der Waals surface area contributed by atoms with Crippen LogP contribution in [-0.4, -0.2) is 13.4 Å². The predicted octanol–water partition coefficient (Wildman–Crippen LogP) is 1.53. The number of hydrogen-bond acceptors (Lipinski definition) is 4. The molecule has 0 amide bonds. The lowest BCUT2D eigenvalue weighted by Gasteiger charge is -2.06. The van der Waals surface area contributed by atoms with Crippen molar-refractivity contribution in [3.8, 4) is 0 Å². The van der Waals surface area contributed by atoms with Gasteiger partial charge in [0, 0.05) is 22.4 Å². The summed E-state index contributed by atoms with van der Waals surface area (Å²) in [4.78, 5) is 3.31. The van der Waals surface area contributed by atoms with E-state index in [0.717, 1.165) is 12.3 Å². The summed E-state index contributed by atoms with van der Waals surface area (Å²) in [6.07, 6.45) is -1.96. The molecule has 0 aliphatic heterocycles. The van der Waals surface area contributed by atoms with Crippen LogP contribution < -0.4 is 5.73 Å². The third kappa shape index (κ3) is 2.10. The molecule has 0 saturated carbocycles. The fourth-order valence-electron chi connectivity index (χ4n) is 0.853. The van der Waals surface area contributed by atoms with E-state index < -0.39 is 31.8 Å². The van der Waals surface area contributed by atoms with E-state index in [1.54, 1.807) is 0 Å². The summed E-state index contributed by atoms with van der Waals surface area (Å²) < 4.78 is 46.1. The Morgan fingerprint density at radius 1 is 1.50 bits per heavy atom. The highest BCUT2D eigenvalue weighted by Crippen LogP contribution is 2.29. The number of anilines is 1. The molecule has 2 N–H and O–H groups in total. The van der Waals surface area contributed by atoms with Crippen LogP contribution in [-0.2, 0) is 9.05 Å². The Labute approximate surface area is 83.1 Å². The third-order valence-electron chi connectivity index (χ3n) is 1.45. The van der Waals surface area contributed by atoms with Crippen molar-refractivity contribution in [3.05, 3.63) is 17.8 Å². The van der Waals surface area contributed by atoms with E-state index in [9.17, 15) is 17.2 Å². The van der Waals surface area contributed by atoms with Gasteiger partial charge in [-0.15, -0.1) is 0 Å². The van der Waals surface area contributed by atoms with E-state index in [-0.39, 0.29) is 0 Å². The summed E-state index contributed by atoms with van der Waals surface area (Å²) in [5.41, 5.74) is 3.95. The zero-order valence-electron chi connectivity index (χ0n) is 6.62. The van der Waals surface area contributed by atoms with Crippen LogP contribution in [0, 0.1) is 0 Å². The molecule has 0 spiro atoms. The number of nitrogen functional groups attached to an aromatic ring is 1. The van der Waals surface area contributed by atoms with Gasteiger partial charge in [-0.2, -0.15) is 0 Å². The minimum Gasteiger partial charge on any atom is -0.396 e. The lowest BCUT2D eigenvalue weighted by Crippen LogP contribution is -2.05. The molecule has 0 saturated heterocycles. The first-order valence-electron chi connectivity index (χ1n) is 3.31. The first kappa shape index (κ1) is 11.1. The van der Waals surface area contributed by atoms with E-state index >= 15 is 0 Å². The van der Waals surface area contributed by atoms with Crippen LogP contribution in [0.25, 0.3) is 0 Å². The van der Waals surface area contributed by atoms with Crippen molar-refractivity contribution in [1.82, 2.24) is 4.98 Å². The number of alkyl halides is 2. The smallest absolute Gasteiger partial charge is 0.280 e. The first-order chi connectivity index (χ1) is 6.34. The summed E-state index contributed by atoms with van der Waals surface area (Å²) in [6, 6.07) is 0.936. The maximum absolute atomic E-state index is 12.3. The van der Waals surface area contributed by atoms with Crippen LogP contribution >= 0.6 is 10.7 Å². The van der Waals surface area contributed by atoms with Gasteiger partial charge in [0.25, 0.3) is 15.5 Å². The molecule has 0 bridgehead atoms. The quantitative estimate of drug-likeness (QED) is 0.798. The minimum absolute atomic E-state index is 0.598. The van der Waals surface area contributed by atoms with Crippen LogP contribution in [0.3, 0.4) is 0 Å². The van der Waals surface area contributed by atoms with Gasteiger partial charge in [-0.25, -0.2) is 22.2 Å². The van der Waals surface area contributed by atoms with Gasteiger partial charge in [-0.05, 0) is 6.07 Å². The van der Waals surface area contributed by atoms with Gasteiger partial charge in [0.1, 0.15) is 0 Å². The largest absolute Gasteiger partial charge is 0.396 e. The lowest BCUT2D eigenvalue weighted by atomic mass is 10.2. The molecule has 0 atom stereocenters. The van der Waals surface area contributed by atoms with Gasteiger partial charge < -0.3 is 5.73 Å². The van der Waals surface area contributed by atoms with E-state index in [4.69, 9.17) is 16.4 Å². The fourth-order valence-corrected chi connectivity index (χ4v) is 1.79. The molecular weight excluding hydrogens is 238 g/mol. The summed E-state index contributed by atoms with van der Waals surface area (Å²) in [5.74, 6) is 0. The molecule has 0 fully saturated rings. The van der Waals surface area contributed by atoms with Crippen molar-refractivity contribution < 1.29 is 17.2 Å². The molecule has 1 aromatic heterocycles. The highest BCUT2D eigenvalue weighted by Gasteiger charge is 2.21. The molecule has 4 nitrogen and oxygen atoms in total. The molecule has 0 radical (unpaired) electrons. The highest BCUT2D eigenvalue weighted by molar-refractivity contribution is 8.13. The average Bonchev–Trinajstić information content (AvgIpc) is 2.01. The zero-order chi connectivity index (χ0) is 10.9. The Balaban J connectivity index is 3.43. The van der Waals surface area contributed by atoms with Crippen LogP contribution in [0.4, 0.5) is 14.5 Å². The minimum atomic E-state index is -4.19. The first-order valence-corrected chi connectivity index (χ1v) is 5.62. The Bertz CT molecular complexity index is 449. The predicted molar refractivity (Wildman–Crippen MR) is 46.6 cm³/mol. The van der Waals surface area contributed by atoms with Gasteiger partial charge in [0.05, 0.1) is 5.69 Å². The summed E-state index contributed by atoms with van der Waals surface area (Å²) in [5, 5.41) is -0.739. The second-order valence-electron chi connectivity index (χ2n) is 2.36. The molecular formula is C6H5ClF2N2O2S. The summed E-state index contributed by atoms with van der Waals surface area (Å²) in [7, 11) is 0.739. The van der Waals surface area contributed by atoms with Crippen molar-refractivity contribution in [1.29, 1.82) is 0 Å². The van der Waals surface area contributed by atoms with Crippen molar-refractivity contribution >= 4 is 25.4 Å². The highest BCUT2D eigenvalue weighted by atomic mass is 35.7. The van der Waals surface area contributed by atoms with Crippen molar-refractivity contribution in [2.45, 2.75) is 11.5 Å². The van der Waals surface area contributed by atoms with Gasteiger partial charge in [0.15, 0.2) is 5.03 Å². The molecule has 78 valence electrons. The molecule has 0 aliphatic carbocycles. The van der Waals surface area contributed by atoms with Crippen molar-refractivity contribution in [2.75, 3.05) is 5.73 Å². The second kappa shape index (κ2) is 3.66. The van der Waals surface area contributed by atoms with Crippen molar-refractivity contribution in [3.63, 3.8) is 0 Å². The Morgan fingerprint density at radius 3 is 2.50 bits per heavy atom. The van der Waals surface area contributed by atoms with Crippen LogP contribution in [0.5, 0.6) is 0 Å². The molecule has 1 rings (SSSR count). The molecule has 1 heterocycles. The van der Waals surface area contributed by atoms with Crippen LogP contribution in [0.2, 0.25) is 0 Å². The summed E-state index contributed by atoms with van der Waals surface area (Å²) in [6.45, 7) is 0. The van der Waals surface area contributed by atoms with Crippen LogP contribution in [0.1, 0.15) is 12.0 Å². The number of aromatic nitrogens is 1. The molecule has 1 aromatic rings. The summed E-state index contributed by atoms with van der Waals surface area (Å²) >= 11 is 0. The topological polar surface area (TPSA) is 73.0 Å². The van der Waals surface area contributed by atoms with E-state index in [2.05, 4.69) is 4.98 Å². The molecule has 0 aliphatic rings. The van der Waals surface area contributed by atoms with E-state index in [1.807, 2.05) is 0 Å². The number of nitrogens with two attached hydrogens (primary N) is 1. The van der Waals surface area contributed by atoms with Crippen LogP contribution in [0.15, 0.2) is 17.3 Å². The number of nitrogens with zero attached hydrogens (tertiary/aromatic N) is 1. The Kier molecular flexibility index (Phi) is 2.91. The normalized spacial score (nSPS) is 12.0. The number of hydrogen-bond donors (Lipinski definition) is 1. The Morgan fingerprint density at radius 2 is 2.07 bits per heavy atom. The molecule has 0 aromatic carbocycles. The number of pyridine rings is 1. The van der Waals surface area contributed by atoms with Gasteiger partial charge in [-0.3, -0.25) is 0 Å². The zero-order valence-corrected chi connectivity index (χ0v) is 8.19. The standard InChI is InChI=1S/C6H5ClF2N2O2S/c7-14(12,13)6-4(10)3(5(8)9)1-2-11-6/h1-2,5H,10H2. The fraction of sp³-hybridized carbons (Fsp3) is 0.167. The number of rotatable bonds is 2. The van der Waals surface area contributed by atoms with Gasteiger partial charge in [-0.1, -0.05) is 0 Å². The second-order valence-corrected chi connectivity index (χ2v) is 4.84. The maximum atomic E-state index is 12.3. The van der Waals surface area contributed by atoms with Crippen molar-refractivity contribution in [2.24, 2.45) is 0 Å². The third-order valence-corrected chi connectivity index (χ3v) is 2.68. The lowest BCUT2D eigenvalue weighted by molar-refractivity contribution is 0.152. The molecule has 14 heavy (non-hydrogen) atoms.